The topological polar surface area (TPSA) is 43.4 Å². The van der Waals surface area contributed by atoms with E-state index >= 15 is 0 Å². The van der Waals surface area contributed by atoms with E-state index in [0.29, 0.717) is 12.0 Å². The van der Waals surface area contributed by atoms with Crippen molar-refractivity contribution < 1.29 is 14.3 Å². The van der Waals surface area contributed by atoms with Crippen molar-refractivity contribution in [3.63, 3.8) is 0 Å². The van der Waals surface area contributed by atoms with Gasteiger partial charge in [-0.05, 0) is 88.5 Å². The van der Waals surface area contributed by atoms with Gasteiger partial charge < -0.3 is 4.74 Å². The van der Waals surface area contributed by atoms with E-state index in [4.69, 9.17) is 4.74 Å². The fourth-order valence-electron chi connectivity index (χ4n) is 3.88. The van der Waals surface area contributed by atoms with Crippen LogP contribution in [0.2, 0.25) is 0 Å². The maximum atomic E-state index is 12.5. The molecule has 0 radical (unpaired) electrons. The zero-order valence-electron chi connectivity index (χ0n) is 21.1. The van der Waals surface area contributed by atoms with Gasteiger partial charge in [-0.25, -0.2) is 4.79 Å². The van der Waals surface area contributed by atoms with Crippen LogP contribution in [0, 0.1) is 27.7 Å². The highest BCUT2D eigenvalue weighted by molar-refractivity contribution is 5.99. The van der Waals surface area contributed by atoms with Crippen LogP contribution in [0.5, 0.6) is 0 Å². The second-order valence-corrected chi connectivity index (χ2v) is 8.88. The number of hydrogen-bond donors (Lipinski definition) is 0. The van der Waals surface area contributed by atoms with E-state index in [1.807, 2.05) is 33.8 Å². The average molecular weight is 441 g/mol. The smallest absolute Gasteiger partial charge is 0.346 e. The third kappa shape index (κ3) is 10.9. The van der Waals surface area contributed by atoms with Gasteiger partial charge in [0, 0.05) is 6.42 Å². The fraction of sp³-hybridized carbons (Fsp3) is 0.586. The number of carbonyl (C=O) groups is 2. The first-order chi connectivity index (χ1) is 15.4. The molecular formula is C29H44O3. The van der Waals surface area contributed by atoms with Crippen molar-refractivity contribution in [1.82, 2.24) is 0 Å². The maximum absolute atomic E-state index is 12.5. The molecule has 1 aromatic carbocycles. The SMILES string of the molecule is CCCCC/C=C\C/C=C\CCCCCCCC(=O)OC(=O)c1c(C)cc(C)c(C)c1C. The van der Waals surface area contributed by atoms with Crippen LogP contribution in [0.4, 0.5) is 0 Å². The van der Waals surface area contributed by atoms with Crippen LogP contribution < -0.4 is 0 Å². The van der Waals surface area contributed by atoms with E-state index in [2.05, 4.69) is 31.2 Å². The normalized spacial score (nSPS) is 11.5. The van der Waals surface area contributed by atoms with Crippen molar-refractivity contribution in [2.24, 2.45) is 0 Å². The van der Waals surface area contributed by atoms with Crippen molar-refractivity contribution in [2.75, 3.05) is 0 Å². The largest absolute Gasteiger partial charge is 0.389 e. The number of benzene rings is 1. The summed E-state index contributed by atoms with van der Waals surface area (Å²) in [4.78, 5) is 24.5. The van der Waals surface area contributed by atoms with Gasteiger partial charge in [0.05, 0.1) is 5.56 Å². The third-order valence-electron chi connectivity index (χ3n) is 6.10. The van der Waals surface area contributed by atoms with E-state index in [1.165, 1.54) is 38.5 Å². The van der Waals surface area contributed by atoms with Crippen LogP contribution in [-0.4, -0.2) is 11.9 Å². The van der Waals surface area contributed by atoms with Gasteiger partial charge in [0.2, 0.25) is 0 Å². The van der Waals surface area contributed by atoms with Gasteiger partial charge in [-0.2, -0.15) is 0 Å². The standard InChI is InChI=1S/C29H44O3/c1-6-7-8-9-10-11-12-13-14-15-16-17-18-19-20-21-27(30)32-29(31)28-24(3)22-23(2)25(4)26(28)5/h10-11,13-14,22H,6-9,12,15-21H2,1-5H3/b11-10-,14-13-. The van der Waals surface area contributed by atoms with E-state index < -0.39 is 11.9 Å². The molecule has 1 rings (SSSR count). The lowest BCUT2D eigenvalue weighted by molar-refractivity contribution is -0.138. The van der Waals surface area contributed by atoms with Crippen LogP contribution in [0.25, 0.3) is 0 Å². The Balaban J connectivity index is 2.13. The molecule has 0 heterocycles. The Morgan fingerprint density at radius 3 is 2.00 bits per heavy atom. The minimum Gasteiger partial charge on any atom is -0.389 e. The molecule has 178 valence electrons. The monoisotopic (exact) mass is 440 g/mol. The summed E-state index contributed by atoms with van der Waals surface area (Å²) >= 11 is 0. The summed E-state index contributed by atoms with van der Waals surface area (Å²) < 4.78 is 5.12. The van der Waals surface area contributed by atoms with Crippen LogP contribution >= 0.6 is 0 Å². The van der Waals surface area contributed by atoms with E-state index in [-0.39, 0.29) is 0 Å². The zero-order chi connectivity index (χ0) is 23.8. The second-order valence-electron chi connectivity index (χ2n) is 8.88. The van der Waals surface area contributed by atoms with Gasteiger partial charge in [0.1, 0.15) is 0 Å². The molecule has 0 amide bonds. The molecule has 0 saturated heterocycles. The van der Waals surface area contributed by atoms with E-state index in [9.17, 15) is 9.59 Å². The first-order valence-corrected chi connectivity index (χ1v) is 12.5. The molecular weight excluding hydrogens is 396 g/mol. The van der Waals surface area contributed by atoms with Crippen molar-refractivity contribution in [2.45, 2.75) is 112 Å². The first-order valence-electron chi connectivity index (χ1n) is 12.5. The molecule has 0 saturated carbocycles. The Morgan fingerprint density at radius 2 is 1.34 bits per heavy atom. The minimum atomic E-state index is -0.518. The Hall–Kier alpha value is -2.16. The fourth-order valence-corrected chi connectivity index (χ4v) is 3.88. The van der Waals surface area contributed by atoms with Gasteiger partial charge >= 0.3 is 11.9 Å². The number of unbranched alkanes of at least 4 members (excludes halogenated alkanes) is 8. The first kappa shape index (κ1) is 27.9. The summed E-state index contributed by atoms with van der Waals surface area (Å²) in [5, 5.41) is 0. The molecule has 0 aliphatic carbocycles. The third-order valence-corrected chi connectivity index (χ3v) is 6.10. The number of rotatable bonds is 15. The quantitative estimate of drug-likeness (QED) is 0.119. The summed E-state index contributed by atoms with van der Waals surface area (Å²) in [6.45, 7) is 10.1. The lowest BCUT2D eigenvalue weighted by Gasteiger charge is -2.13. The number of carbonyl (C=O) groups excluding carboxylic acids is 2. The summed E-state index contributed by atoms with van der Waals surface area (Å²) in [5.74, 6) is -0.937. The van der Waals surface area contributed by atoms with Gasteiger partial charge in [-0.1, -0.05) is 69.4 Å². The lowest BCUT2D eigenvalue weighted by atomic mass is 9.94. The predicted octanol–water partition coefficient (Wildman–Crippen LogP) is 8.42. The highest BCUT2D eigenvalue weighted by Gasteiger charge is 2.19. The molecule has 0 aliphatic heterocycles. The van der Waals surface area contributed by atoms with Gasteiger partial charge in [-0.3, -0.25) is 4.79 Å². The molecule has 0 atom stereocenters. The molecule has 0 aromatic heterocycles. The highest BCUT2D eigenvalue weighted by Crippen LogP contribution is 2.22. The van der Waals surface area contributed by atoms with Gasteiger partial charge in [0.15, 0.2) is 0 Å². The summed E-state index contributed by atoms with van der Waals surface area (Å²) in [5.41, 5.74) is 4.51. The van der Waals surface area contributed by atoms with Crippen LogP contribution in [-0.2, 0) is 9.53 Å². The maximum Gasteiger partial charge on any atom is 0.346 e. The molecule has 3 nitrogen and oxygen atoms in total. The van der Waals surface area contributed by atoms with Crippen molar-refractivity contribution in [3.05, 3.63) is 58.2 Å². The molecule has 0 aliphatic rings. The summed E-state index contributed by atoms with van der Waals surface area (Å²) in [6, 6.07) is 1.98. The number of aryl methyl sites for hydroxylation is 2. The van der Waals surface area contributed by atoms with Crippen LogP contribution in [0.3, 0.4) is 0 Å². The molecule has 1 aromatic rings. The molecule has 0 bridgehead atoms. The molecule has 32 heavy (non-hydrogen) atoms. The minimum absolute atomic E-state index is 0.305. The van der Waals surface area contributed by atoms with Gasteiger partial charge in [-0.15, -0.1) is 0 Å². The van der Waals surface area contributed by atoms with Crippen molar-refractivity contribution >= 4 is 11.9 Å². The molecule has 0 fully saturated rings. The van der Waals surface area contributed by atoms with Gasteiger partial charge in [0.25, 0.3) is 0 Å². The van der Waals surface area contributed by atoms with Crippen molar-refractivity contribution in [3.8, 4) is 0 Å². The Bertz CT molecular complexity index is 771. The zero-order valence-corrected chi connectivity index (χ0v) is 21.1. The van der Waals surface area contributed by atoms with Crippen molar-refractivity contribution in [1.29, 1.82) is 0 Å². The number of ether oxygens (including phenoxy) is 1. The number of esters is 2. The molecule has 0 unspecified atom stereocenters. The molecule has 3 heteroatoms. The number of allylic oxidation sites excluding steroid dienone is 4. The van der Waals surface area contributed by atoms with Crippen LogP contribution in [0.1, 0.15) is 117 Å². The Morgan fingerprint density at radius 1 is 0.750 bits per heavy atom. The lowest BCUT2D eigenvalue weighted by Crippen LogP contribution is -2.15. The Kier molecular flexibility index (Phi) is 14.3. The van der Waals surface area contributed by atoms with E-state index in [1.54, 1.807) is 0 Å². The average Bonchev–Trinajstić information content (AvgIpc) is 2.74. The van der Waals surface area contributed by atoms with E-state index in [0.717, 1.165) is 54.4 Å². The summed E-state index contributed by atoms with van der Waals surface area (Å²) in [7, 11) is 0. The molecule has 0 spiro atoms. The predicted molar refractivity (Wildman–Crippen MR) is 135 cm³/mol. The van der Waals surface area contributed by atoms with Crippen LogP contribution in [0.15, 0.2) is 30.4 Å². The highest BCUT2D eigenvalue weighted by atomic mass is 16.6. The summed E-state index contributed by atoms with van der Waals surface area (Å²) in [6.07, 6.45) is 21.9. The molecule has 0 N–H and O–H groups in total. The number of hydrogen-bond acceptors (Lipinski definition) is 3. The Labute approximate surface area is 196 Å². The second kappa shape index (κ2) is 16.5.